The molecule has 2 aromatic carbocycles. The molecule has 128 valence electrons. The van der Waals surface area contributed by atoms with Crippen molar-refractivity contribution in [2.75, 3.05) is 0 Å². The largest absolute Gasteiger partial charge is 0.206 e. The lowest BCUT2D eigenvalue weighted by molar-refractivity contribution is 0.308. The van der Waals surface area contributed by atoms with Crippen LogP contribution >= 0.6 is 0 Å². The summed E-state index contributed by atoms with van der Waals surface area (Å²) in [5, 5.41) is 1.84. The highest BCUT2D eigenvalue weighted by molar-refractivity contribution is 5.84. The summed E-state index contributed by atoms with van der Waals surface area (Å²) < 4.78 is 15.1. The highest BCUT2D eigenvalue weighted by Gasteiger charge is 2.24. The molecule has 2 aromatic rings. The number of allylic oxidation sites excluding steroid dienone is 1. The molecule has 0 bridgehead atoms. The van der Waals surface area contributed by atoms with E-state index in [-0.39, 0.29) is 5.82 Å². The summed E-state index contributed by atoms with van der Waals surface area (Å²) in [6.45, 7) is 6.00. The van der Waals surface area contributed by atoms with Crippen LogP contribution < -0.4 is 0 Å². The first-order chi connectivity index (χ1) is 11.7. The highest BCUT2D eigenvalue weighted by atomic mass is 19.1. The third kappa shape index (κ3) is 3.71. The van der Waals surface area contributed by atoms with E-state index >= 15 is 4.39 Å². The second kappa shape index (κ2) is 7.96. The fourth-order valence-corrected chi connectivity index (χ4v) is 4.23. The lowest BCUT2D eigenvalue weighted by Crippen LogP contribution is -2.14. The van der Waals surface area contributed by atoms with Crippen molar-refractivity contribution in [1.29, 1.82) is 0 Å². The SMILES string of the molecule is C=CCCC1CCC(c2ccc3cc(CCC)ccc3c2F)CC1. The Labute approximate surface area is 145 Å². The van der Waals surface area contributed by atoms with E-state index < -0.39 is 0 Å². The third-order valence-electron chi connectivity index (χ3n) is 5.65. The third-order valence-corrected chi connectivity index (χ3v) is 5.65. The van der Waals surface area contributed by atoms with Gasteiger partial charge in [0.1, 0.15) is 5.82 Å². The smallest absolute Gasteiger partial charge is 0.134 e. The quantitative estimate of drug-likeness (QED) is 0.494. The Morgan fingerprint density at radius 2 is 1.92 bits per heavy atom. The van der Waals surface area contributed by atoms with Gasteiger partial charge in [0.05, 0.1) is 0 Å². The summed E-state index contributed by atoms with van der Waals surface area (Å²) in [7, 11) is 0. The number of hydrogen-bond donors (Lipinski definition) is 0. The summed E-state index contributed by atoms with van der Waals surface area (Å²) in [5.74, 6) is 1.22. The van der Waals surface area contributed by atoms with E-state index in [0.29, 0.717) is 5.92 Å². The van der Waals surface area contributed by atoms with Gasteiger partial charge in [-0.25, -0.2) is 4.39 Å². The molecule has 1 aliphatic rings. The molecule has 0 unspecified atom stereocenters. The van der Waals surface area contributed by atoms with E-state index in [2.05, 4.69) is 31.7 Å². The summed E-state index contributed by atoms with van der Waals surface area (Å²) in [6, 6.07) is 10.4. The molecule has 0 amide bonds. The van der Waals surface area contributed by atoms with Crippen molar-refractivity contribution >= 4 is 10.8 Å². The minimum Gasteiger partial charge on any atom is -0.206 e. The molecule has 0 spiro atoms. The first-order valence-electron chi connectivity index (χ1n) is 9.54. The maximum atomic E-state index is 15.1. The van der Waals surface area contributed by atoms with Crippen LogP contribution in [0.25, 0.3) is 10.8 Å². The highest BCUT2D eigenvalue weighted by Crippen LogP contribution is 2.39. The molecule has 0 atom stereocenters. The van der Waals surface area contributed by atoms with Gasteiger partial charge in [-0.05, 0) is 73.3 Å². The maximum absolute atomic E-state index is 15.1. The first-order valence-corrected chi connectivity index (χ1v) is 9.54. The average Bonchev–Trinajstić information content (AvgIpc) is 2.61. The maximum Gasteiger partial charge on any atom is 0.134 e. The van der Waals surface area contributed by atoms with Crippen molar-refractivity contribution in [1.82, 2.24) is 0 Å². The second-order valence-corrected chi connectivity index (χ2v) is 7.36. The normalized spacial score (nSPS) is 21.1. The van der Waals surface area contributed by atoms with E-state index in [4.69, 9.17) is 0 Å². The van der Waals surface area contributed by atoms with Gasteiger partial charge >= 0.3 is 0 Å². The Hall–Kier alpha value is -1.63. The molecule has 0 N–H and O–H groups in total. The summed E-state index contributed by atoms with van der Waals surface area (Å²) in [5.41, 5.74) is 2.24. The minimum atomic E-state index is 0.0186. The Kier molecular flexibility index (Phi) is 5.71. The molecule has 0 radical (unpaired) electrons. The molecule has 0 heterocycles. The Balaban J connectivity index is 1.77. The fraction of sp³-hybridized carbons (Fsp3) is 0.478. The molecule has 3 rings (SSSR count). The van der Waals surface area contributed by atoms with Crippen LogP contribution in [0.4, 0.5) is 4.39 Å². The van der Waals surface area contributed by atoms with Crippen LogP contribution in [0.3, 0.4) is 0 Å². The number of rotatable bonds is 6. The Morgan fingerprint density at radius 1 is 1.12 bits per heavy atom. The predicted octanol–water partition coefficient (Wildman–Crippen LogP) is 7.17. The van der Waals surface area contributed by atoms with Crippen molar-refractivity contribution < 1.29 is 4.39 Å². The lowest BCUT2D eigenvalue weighted by atomic mass is 9.76. The van der Waals surface area contributed by atoms with Crippen molar-refractivity contribution in [2.24, 2.45) is 5.92 Å². The molecule has 0 aliphatic heterocycles. The van der Waals surface area contributed by atoms with E-state index in [1.807, 2.05) is 18.2 Å². The van der Waals surface area contributed by atoms with Crippen LogP contribution in [0, 0.1) is 11.7 Å². The zero-order chi connectivity index (χ0) is 16.9. The van der Waals surface area contributed by atoms with Gasteiger partial charge in [-0.2, -0.15) is 0 Å². The number of aryl methyl sites for hydroxylation is 1. The van der Waals surface area contributed by atoms with Crippen LogP contribution in [0.5, 0.6) is 0 Å². The van der Waals surface area contributed by atoms with Crippen LogP contribution in [-0.2, 0) is 6.42 Å². The predicted molar refractivity (Wildman–Crippen MR) is 102 cm³/mol. The van der Waals surface area contributed by atoms with E-state index in [0.717, 1.165) is 54.4 Å². The molecule has 1 aliphatic carbocycles. The molecular weight excluding hydrogens is 295 g/mol. The van der Waals surface area contributed by atoms with Gasteiger partial charge in [0.15, 0.2) is 0 Å². The van der Waals surface area contributed by atoms with Gasteiger partial charge < -0.3 is 0 Å². The number of hydrogen-bond acceptors (Lipinski definition) is 0. The summed E-state index contributed by atoms with van der Waals surface area (Å²) in [6.07, 6.45) is 11.3. The Morgan fingerprint density at radius 3 is 2.62 bits per heavy atom. The second-order valence-electron chi connectivity index (χ2n) is 7.36. The summed E-state index contributed by atoms with van der Waals surface area (Å²) >= 11 is 0. The van der Waals surface area contributed by atoms with Crippen LogP contribution in [-0.4, -0.2) is 0 Å². The monoisotopic (exact) mass is 324 g/mol. The zero-order valence-corrected chi connectivity index (χ0v) is 14.9. The average molecular weight is 324 g/mol. The molecule has 24 heavy (non-hydrogen) atoms. The van der Waals surface area contributed by atoms with Gasteiger partial charge in [0.2, 0.25) is 0 Å². The van der Waals surface area contributed by atoms with E-state index in [1.165, 1.54) is 24.8 Å². The van der Waals surface area contributed by atoms with Crippen molar-refractivity contribution in [3.8, 4) is 0 Å². The number of fused-ring (bicyclic) bond motifs is 1. The van der Waals surface area contributed by atoms with E-state index in [1.54, 1.807) is 0 Å². The zero-order valence-electron chi connectivity index (χ0n) is 14.9. The van der Waals surface area contributed by atoms with Gasteiger partial charge in [-0.15, -0.1) is 6.58 Å². The topological polar surface area (TPSA) is 0 Å². The van der Waals surface area contributed by atoms with Crippen LogP contribution in [0.1, 0.15) is 68.9 Å². The molecule has 0 saturated heterocycles. The van der Waals surface area contributed by atoms with Gasteiger partial charge in [-0.1, -0.05) is 49.8 Å². The number of benzene rings is 2. The molecule has 1 heteroatoms. The first kappa shape index (κ1) is 17.2. The molecule has 1 saturated carbocycles. The van der Waals surface area contributed by atoms with E-state index in [9.17, 15) is 0 Å². The van der Waals surface area contributed by atoms with Crippen molar-refractivity contribution in [2.45, 2.75) is 64.2 Å². The van der Waals surface area contributed by atoms with Crippen molar-refractivity contribution in [3.63, 3.8) is 0 Å². The van der Waals surface area contributed by atoms with Crippen LogP contribution in [0.15, 0.2) is 43.0 Å². The molecule has 1 fully saturated rings. The van der Waals surface area contributed by atoms with Crippen molar-refractivity contribution in [3.05, 3.63) is 59.9 Å². The molecular formula is C23H29F. The standard InChI is InChI=1S/C23H29F/c1-3-5-7-17-8-11-19(12-9-17)21-15-13-20-16-18(6-4-2)10-14-22(20)23(21)24/h3,10,13-17,19H,1,4-9,11-12H2,2H3. The Bertz CT molecular complexity index is 692. The molecule has 0 aromatic heterocycles. The van der Waals surface area contributed by atoms with Crippen LogP contribution in [0.2, 0.25) is 0 Å². The molecule has 0 nitrogen and oxygen atoms in total. The minimum absolute atomic E-state index is 0.0186. The number of halogens is 1. The van der Waals surface area contributed by atoms with Gasteiger partial charge in [0.25, 0.3) is 0 Å². The lowest BCUT2D eigenvalue weighted by Gasteiger charge is -2.29. The fourth-order valence-electron chi connectivity index (χ4n) is 4.23. The summed E-state index contributed by atoms with van der Waals surface area (Å²) in [4.78, 5) is 0. The van der Waals surface area contributed by atoms with Gasteiger partial charge in [-0.3, -0.25) is 0 Å². The van der Waals surface area contributed by atoms with Gasteiger partial charge in [0, 0.05) is 5.39 Å².